The number of amides is 1. The highest BCUT2D eigenvalue weighted by molar-refractivity contribution is 7.18. The highest BCUT2D eigenvalue weighted by atomic mass is 32.1. The molecule has 0 bridgehead atoms. The quantitative estimate of drug-likeness (QED) is 0.690. The van der Waals surface area contributed by atoms with E-state index in [4.69, 9.17) is 0 Å². The summed E-state index contributed by atoms with van der Waals surface area (Å²) in [6.07, 6.45) is 2.74. The van der Waals surface area contributed by atoms with Gasteiger partial charge in [0.05, 0.1) is 23.4 Å². The molecule has 10 heteroatoms. The number of fused-ring (bicyclic) bond motifs is 1. The number of hydrogen-bond acceptors (Lipinski definition) is 8. The van der Waals surface area contributed by atoms with Gasteiger partial charge >= 0.3 is 0 Å². The second kappa shape index (κ2) is 7.36. The first-order valence-electron chi connectivity index (χ1n) is 8.90. The Labute approximate surface area is 164 Å². The number of aliphatic hydroxyl groups is 1. The number of nitrogens with one attached hydrogen (secondary N) is 1. The van der Waals surface area contributed by atoms with Crippen LogP contribution >= 0.6 is 11.3 Å². The number of nitrogens with zero attached hydrogens (tertiary/aromatic N) is 5. The fourth-order valence-electron chi connectivity index (χ4n) is 3.16. The lowest BCUT2D eigenvalue weighted by atomic mass is 10.1. The summed E-state index contributed by atoms with van der Waals surface area (Å²) >= 11 is 1.36. The molecule has 0 aromatic carbocycles. The van der Waals surface area contributed by atoms with Gasteiger partial charge in [0.25, 0.3) is 5.91 Å². The monoisotopic (exact) mass is 402 g/mol. The molecule has 2 N–H and O–H groups in total. The van der Waals surface area contributed by atoms with E-state index in [0.717, 1.165) is 11.2 Å². The van der Waals surface area contributed by atoms with Gasteiger partial charge in [-0.1, -0.05) is 0 Å². The Hall–Kier alpha value is -2.72. The Morgan fingerprint density at radius 3 is 2.93 bits per heavy atom. The molecule has 1 fully saturated rings. The van der Waals surface area contributed by atoms with Gasteiger partial charge in [-0.05, 0) is 31.9 Å². The minimum absolute atomic E-state index is 0.234. The number of pyridine rings is 1. The second-order valence-electron chi connectivity index (χ2n) is 6.78. The van der Waals surface area contributed by atoms with Crippen molar-refractivity contribution in [3.05, 3.63) is 40.5 Å². The minimum Gasteiger partial charge on any atom is -0.391 e. The molecule has 8 nitrogen and oxygen atoms in total. The summed E-state index contributed by atoms with van der Waals surface area (Å²) in [6.45, 7) is 4.44. The van der Waals surface area contributed by atoms with Gasteiger partial charge in [-0.15, -0.1) is 11.3 Å². The third-order valence-corrected chi connectivity index (χ3v) is 5.55. The molecular weight excluding hydrogens is 383 g/mol. The largest absolute Gasteiger partial charge is 0.391 e. The van der Waals surface area contributed by atoms with Gasteiger partial charge in [0, 0.05) is 19.3 Å². The molecule has 3 aromatic rings. The van der Waals surface area contributed by atoms with E-state index in [1.807, 2.05) is 13.8 Å². The third kappa shape index (κ3) is 3.65. The number of anilines is 1. The standard InChI is InChI=1S/C18H19FN6O2S/c1-9(11-5-12(19)7-20-6-11)21-18-23-14(15-16(24-18)22-10(2)28-15)17(27)25-4-3-13(26)8-25/h5-7,9,13,26H,3-4,8H2,1-2H3,(H,21,23,24)/t9-,13+/m0/s1. The van der Waals surface area contributed by atoms with Crippen LogP contribution in [0.15, 0.2) is 18.5 Å². The summed E-state index contributed by atoms with van der Waals surface area (Å²) in [7, 11) is 0. The molecule has 1 aliphatic rings. The number of thiazole rings is 1. The van der Waals surface area contributed by atoms with Crippen LogP contribution in [0.3, 0.4) is 0 Å². The molecule has 28 heavy (non-hydrogen) atoms. The lowest BCUT2D eigenvalue weighted by Crippen LogP contribution is -2.30. The number of likely N-dealkylation sites (tertiary alicyclic amines) is 1. The van der Waals surface area contributed by atoms with E-state index < -0.39 is 11.9 Å². The Bertz CT molecular complexity index is 1040. The number of carbonyl (C=O) groups excluding carboxylic acids is 1. The number of aliphatic hydroxyl groups excluding tert-OH is 1. The van der Waals surface area contributed by atoms with Gasteiger partial charge in [-0.2, -0.15) is 4.98 Å². The Morgan fingerprint density at radius 2 is 2.21 bits per heavy atom. The molecule has 0 unspecified atom stereocenters. The molecular formula is C18H19FN6O2S. The van der Waals surface area contributed by atoms with Gasteiger partial charge < -0.3 is 15.3 Å². The predicted octanol–water partition coefficient (Wildman–Crippen LogP) is 2.31. The zero-order valence-electron chi connectivity index (χ0n) is 15.4. The van der Waals surface area contributed by atoms with Crippen molar-refractivity contribution in [1.82, 2.24) is 24.8 Å². The van der Waals surface area contributed by atoms with Crippen LogP contribution in [-0.4, -0.2) is 55.0 Å². The van der Waals surface area contributed by atoms with Crippen molar-refractivity contribution >= 4 is 33.5 Å². The average molecular weight is 402 g/mol. The van der Waals surface area contributed by atoms with Gasteiger partial charge in [0.2, 0.25) is 5.95 Å². The van der Waals surface area contributed by atoms with Crippen LogP contribution in [-0.2, 0) is 0 Å². The smallest absolute Gasteiger partial charge is 0.274 e. The maximum atomic E-state index is 13.5. The van der Waals surface area contributed by atoms with E-state index in [0.29, 0.717) is 28.9 Å². The maximum Gasteiger partial charge on any atom is 0.274 e. The summed E-state index contributed by atoms with van der Waals surface area (Å²) in [4.78, 5) is 31.7. The van der Waals surface area contributed by atoms with E-state index >= 15 is 0 Å². The number of aromatic nitrogens is 4. The number of aryl methyl sites for hydroxylation is 1. The molecule has 0 aliphatic carbocycles. The molecule has 1 saturated heterocycles. The fourth-order valence-corrected chi connectivity index (χ4v) is 4.00. The number of rotatable bonds is 4. The highest BCUT2D eigenvalue weighted by Gasteiger charge is 2.29. The Kier molecular flexibility index (Phi) is 4.90. The van der Waals surface area contributed by atoms with Gasteiger partial charge in [0.15, 0.2) is 11.3 Å². The van der Waals surface area contributed by atoms with E-state index in [9.17, 15) is 14.3 Å². The first-order valence-corrected chi connectivity index (χ1v) is 9.72. The van der Waals surface area contributed by atoms with E-state index in [1.54, 1.807) is 11.1 Å². The zero-order valence-corrected chi connectivity index (χ0v) is 16.2. The van der Waals surface area contributed by atoms with Crippen molar-refractivity contribution in [2.75, 3.05) is 18.4 Å². The van der Waals surface area contributed by atoms with Crippen LogP contribution in [0.5, 0.6) is 0 Å². The average Bonchev–Trinajstić information content (AvgIpc) is 3.25. The topological polar surface area (TPSA) is 104 Å². The third-order valence-electron chi connectivity index (χ3n) is 4.59. The normalized spacial score (nSPS) is 17.9. The summed E-state index contributed by atoms with van der Waals surface area (Å²) in [5, 5.41) is 13.6. The first-order chi connectivity index (χ1) is 13.4. The second-order valence-corrected chi connectivity index (χ2v) is 7.98. The lowest BCUT2D eigenvalue weighted by molar-refractivity contribution is 0.0761. The van der Waals surface area contributed by atoms with Crippen molar-refractivity contribution in [2.24, 2.45) is 0 Å². The number of β-amino-alcohol motifs (C(OH)–C–C–N with tert-alkyl or cyclic N) is 1. The van der Waals surface area contributed by atoms with Gasteiger partial charge in [0.1, 0.15) is 10.5 Å². The number of halogens is 1. The van der Waals surface area contributed by atoms with E-state index in [2.05, 4.69) is 25.3 Å². The highest BCUT2D eigenvalue weighted by Crippen LogP contribution is 2.27. The molecule has 0 spiro atoms. The van der Waals surface area contributed by atoms with Crippen LogP contribution < -0.4 is 5.32 Å². The van der Waals surface area contributed by atoms with Crippen LogP contribution in [0.25, 0.3) is 10.3 Å². The Morgan fingerprint density at radius 1 is 1.39 bits per heavy atom. The fraction of sp³-hybridized carbons (Fsp3) is 0.389. The van der Waals surface area contributed by atoms with Crippen LogP contribution in [0.4, 0.5) is 10.3 Å². The van der Waals surface area contributed by atoms with Crippen LogP contribution in [0.2, 0.25) is 0 Å². The molecule has 1 amide bonds. The molecule has 146 valence electrons. The number of carbonyl (C=O) groups is 1. The summed E-state index contributed by atoms with van der Waals surface area (Å²) in [6, 6.07) is 1.06. The van der Waals surface area contributed by atoms with Crippen molar-refractivity contribution in [3.63, 3.8) is 0 Å². The summed E-state index contributed by atoms with van der Waals surface area (Å²) < 4.78 is 14.1. The van der Waals surface area contributed by atoms with E-state index in [-0.39, 0.29) is 30.1 Å². The van der Waals surface area contributed by atoms with Crippen molar-refractivity contribution in [1.29, 1.82) is 0 Å². The minimum atomic E-state index is -0.512. The zero-order chi connectivity index (χ0) is 19.8. The molecule has 4 heterocycles. The van der Waals surface area contributed by atoms with E-state index in [1.165, 1.54) is 17.4 Å². The molecule has 3 aromatic heterocycles. The van der Waals surface area contributed by atoms with Gasteiger partial charge in [-0.25, -0.2) is 14.4 Å². The molecule has 0 saturated carbocycles. The summed E-state index contributed by atoms with van der Waals surface area (Å²) in [5.41, 5.74) is 1.33. The molecule has 4 rings (SSSR count). The summed E-state index contributed by atoms with van der Waals surface area (Å²) in [5.74, 6) is -0.450. The molecule has 2 atom stereocenters. The molecule has 1 aliphatic heterocycles. The van der Waals surface area contributed by atoms with Crippen LogP contribution in [0.1, 0.15) is 40.4 Å². The van der Waals surface area contributed by atoms with Gasteiger partial charge in [-0.3, -0.25) is 9.78 Å². The van der Waals surface area contributed by atoms with Crippen LogP contribution in [0, 0.1) is 12.7 Å². The maximum absolute atomic E-state index is 13.5. The first kappa shape index (κ1) is 18.6. The molecule has 0 radical (unpaired) electrons. The predicted molar refractivity (Wildman–Crippen MR) is 103 cm³/mol. The Balaban J connectivity index is 1.68. The van der Waals surface area contributed by atoms with Crippen molar-refractivity contribution in [3.8, 4) is 0 Å². The SMILES string of the molecule is Cc1nc2nc(N[C@@H](C)c3cncc(F)c3)nc(C(=O)N3CC[C@@H](O)C3)c2s1. The lowest BCUT2D eigenvalue weighted by Gasteiger charge is -2.17. The number of hydrogen-bond donors (Lipinski definition) is 2. The van der Waals surface area contributed by atoms with Crippen molar-refractivity contribution in [2.45, 2.75) is 32.4 Å². The van der Waals surface area contributed by atoms with Crippen molar-refractivity contribution < 1.29 is 14.3 Å².